The lowest BCUT2D eigenvalue weighted by Gasteiger charge is -2.50. The first-order valence-electron chi connectivity index (χ1n) is 23.8. The van der Waals surface area contributed by atoms with E-state index in [-0.39, 0.29) is 60.8 Å². The first-order valence-corrected chi connectivity index (χ1v) is 25.3. The quantitative estimate of drug-likeness (QED) is 0.171. The number of hydrogen-bond acceptors (Lipinski definition) is 12. The molecule has 17 nitrogen and oxygen atoms in total. The van der Waals surface area contributed by atoms with Gasteiger partial charge in [-0.25, -0.2) is 28.2 Å². The second-order valence-corrected chi connectivity index (χ2v) is 22.3. The summed E-state index contributed by atoms with van der Waals surface area (Å²) in [6.07, 6.45) is -0.949. The van der Waals surface area contributed by atoms with Crippen LogP contribution in [0.1, 0.15) is 92.4 Å². The highest BCUT2D eigenvalue weighted by Gasteiger charge is 2.66. The van der Waals surface area contributed by atoms with Crippen LogP contribution >= 0.6 is 0 Å². The van der Waals surface area contributed by atoms with Gasteiger partial charge in [0, 0.05) is 49.0 Å². The number of carbonyl (C=O) groups is 4. The maximum absolute atomic E-state index is 15.6. The van der Waals surface area contributed by atoms with Gasteiger partial charge < -0.3 is 29.5 Å². The molecular formula is C49H60F3N7O10S. The molecule has 21 heteroatoms. The first-order chi connectivity index (χ1) is 33.1. The lowest BCUT2D eigenvalue weighted by atomic mass is 9.82. The standard InChI is InChI=1S/C49H60F3N7O10S/c1-29(2)68-34-14-12-32(13-15-34)37-23-35(24-38(55-37)41-53-19-9-20-54-41)69-36-25-39-42(60)56-48(44(62)57-70(65,66)46(5)17-18-46)26-33(48)11-7-6-10-30(3)22-31(4)40(43(61)58(39)27-36)59(45(63)64)47(49(50,51)52)16-8-21-67-28-47/h7,9,11-15,19-20,23-24,29-31,33,36,39-40H,6,8,10,16-18,21-22,25-28H2,1-5H3,(H,56,60)(H,57,62)(H,63,64)/b11-7-/t30-,31-,33-,36-,39+,40+,47?,48-/m1/s1. The predicted molar refractivity (Wildman–Crippen MR) is 248 cm³/mol. The van der Waals surface area contributed by atoms with Crippen LogP contribution in [0.5, 0.6) is 11.5 Å². The van der Waals surface area contributed by atoms with Crippen molar-refractivity contribution >= 4 is 33.8 Å². The van der Waals surface area contributed by atoms with Gasteiger partial charge in [0.2, 0.25) is 21.8 Å². The second-order valence-electron chi connectivity index (χ2n) is 20.1. The van der Waals surface area contributed by atoms with E-state index in [9.17, 15) is 27.9 Å². The predicted octanol–water partition coefficient (Wildman–Crippen LogP) is 6.69. The molecule has 0 radical (unpaired) electrons. The normalized spacial score (nSPS) is 29.6. The second kappa shape index (κ2) is 19.4. The van der Waals surface area contributed by atoms with E-state index in [1.165, 1.54) is 26.2 Å². The number of rotatable bonds is 11. The Kier molecular flexibility index (Phi) is 14.0. The minimum absolute atomic E-state index is 0.0265. The highest BCUT2D eigenvalue weighted by atomic mass is 32.2. The van der Waals surface area contributed by atoms with Crippen molar-refractivity contribution in [3.63, 3.8) is 0 Å². The van der Waals surface area contributed by atoms with Gasteiger partial charge in [0.1, 0.15) is 40.9 Å². The third-order valence-corrected chi connectivity index (χ3v) is 16.5. The van der Waals surface area contributed by atoms with Gasteiger partial charge in [0.25, 0.3) is 5.91 Å². The topological polar surface area (TPSA) is 220 Å². The Hall–Kier alpha value is -5.83. The van der Waals surface area contributed by atoms with E-state index in [1.54, 1.807) is 48.5 Å². The SMILES string of the molecule is CC(C)Oc1ccc(-c2cc(O[C@@H]3C[C@H]4C(=O)N[C@]5(C(=O)NS(=O)(=O)C6(C)CC6)C[C@H]5/C=C\CC[C@@H](C)C[C@@H](C)[C@H](N(C(=O)O)C5(C(F)(F)F)CCCOC5)C(=O)N4C3)cc(-c3ncccn3)n2)cc1. The minimum atomic E-state index is -5.17. The number of pyridine rings is 1. The molecule has 3 aliphatic heterocycles. The van der Waals surface area contributed by atoms with Gasteiger partial charge in [-0.2, -0.15) is 13.2 Å². The van der Waals surface area contributed by atoms with Gasteiger partial charge in [-0.05, 0) is 114 Å². The smallest absolute Gasteiger partial charge is 0.414 e. The van der Waals surface area contributed by atoms with Crippen molar-refractivity contribution in [2.45, 2.75) is 139 Å². The Labute approximate surface area is 405 Å². The van der Waals surface area contributed by atoms with Gasteiger partial charge in [-0.1, -0.05) is 26.0 Å². The lowest BCUT2D eigenvalue weighted by Crippen LogP contribution is -2.71. The third-order valence-electron chi connectivity index (χ3n) is 14.3. The number of fused-ring (bicyclic) bond motifs is 2. The number of carbonyl (C=O) groups excluding carboxylic acids is 3. The fraction of sp³-hybridized carbons (Fsp3) is 0.571. The zero-order chi connectivity index (χ0) is 50.4. The first kappa shape index (κ1) is 50.6. The van der Waals surface area contributed by atoms with E-state index in [4.69, 9.17) is 19.2 Å². The minimum Gasteiger partial charge on any atom is -0.491 e. The summed E-state index contributed by atoms with van der Waals surface area (Å²) in [5, 5.41) is 13.7. The molecule has 3 aromatic rings. The summed E-state index contributed by atoms with van der Waals surface area (Å²) in [5.41, 5.74) is -3.47. The van der Waals surface area contributed by atoms with Crippen molar-refractivity contribution < 1.29 is 60.1 Å². The molecule has 378 valence electrons. The fourth-order valence-electron chi connectivity index (χ4n) is 10.1. The monoisotopic (exact) mass is 995 g/mol. The third kappa shape index (κ3) is 10.2. The highest BCUT2D eigenvalue weighted by Crippen LogP contribution is 2.49. The molecule has 8 rings (SSSR count). The summed E-state index contributed by atoms with van der Waals surface area (Å²) in [4.78, 5) is 73.0. The molecule has 2 aliphatic carbocycles. The number of allylic oxidation sites excluding steroid dienone is 1. The number of nitrogens with zero attached hydrogens (tertiary/aromatic N) is 5. The van der Waals surface area contributed by atoms with E-state index < -0.39 is 105 Å². The molecule has 5 heterocycles. The Morgan fingerprint density at radius 1 is 1.03 bits per heavy atom. The number of hydrogen-bond donors (Lipinski definition) is 3. The summed E-state index contributed by atoms with van der Waals surface area (Å²) in [7, 11) is -4.16. The van der Waals surface area contributed by atoms with E-state index in [1.807, 2.05) is 26.8 Å². The zero-order valence-electron chi connectivity index (χ0n) is 39.8. The molecule has 0 spiro atoms. The molecule has 2 saturated heterocycles. The average molecular weight is 996 g/mol. The number of alkyl halides is 3. The number of nitrogens with one attached hydrogen (secondary N) is 2. The largest absolute Gasteiger partial charge is 0.491 e. The molecule has 70 heavy (non-hydrogen) atoms. The molecule has 1 aromatic carbocycles. The van der Waals surface area contributed by atoms with Crippen LogP contribution in [0, 0.1) is 17.8 Å². The Balaban J connectivity index is 1.21. The maximum Gasteiger partial charge on any atom is 0.414 e. The van der Waals surface area contributed by atoms with Gasteiger partial charge >= 0.3 is 12.3 Å². The number of halogens is 3. The van der Waals surface area contributed by atoms with E-state index >= 15 is 18.0 Å². The van der Waals surface area contributed by atoms with Crippen molar-refractivity contribution in [3.05, 3.63) is 67.0 Å². The van der Waals surface area contributed by atoms with Crippen LogP contribution in [0.2, 0.25) is 0 Å². The molecule has 4 amide bonds. The van der Waals surface area contributed by atoms with E-state index in [0.717, 1.165) is 4.90 Å². The van der Waals surface area contributed by atoms with Crippen molar-refractivity contribution in [2.24, 2.45) is 17.8 Å². The van der Waals surface area contributed by atoms with Crippen LogP contribution in [0.15, 0.2) is 67.0 Å². The zero-order valence-corrected chi connectivity index (χ0v) is 40.6. The summed E-state index contributed by atoms with van der Waals surface area (Å²) in [6.45, 7) is 7.24. The molecule has 8 atom stereocenters. The van der Waals surface area contributed by atoms with E-state index in [0.29, 0.717) is 48.4 Å². The molecule has 3 N–H and O–H groups in total. The average Bonchev–Trinajstić information content (AvgIpc) is 4.19. The van der Waals surface area contributed by atoms with Gasteiger partial charge in [0.05, 0.1) is 29.7 Å². The molecule has 2 saturated carbocycles. The summed E-state index contributed by atoms with van der Waals surface area (Å²) in [6, 6.07) is 8.52. The van der Waals surface area contributed by atoms with Crippen LogP contribution < -0.4 is 19.5 Å². The number of sulfonamides is 1. The maximum atomic E-state index is 15.6. The van der Waals surface area contributed by atoms with Crippen LogP contribution in [0.4, 0.5) is 18.0 Å². The van der Waals surface area contributed by atoms with Gasteiger partial charge in [0.15, 0.2) is 11.4 Å². The number of benzene rings is 1. The molecule has 2 aromatic heterocycles. The van der Waals surface area contributed by atoms with Crippen LogP contribution in [-0.4, -0.2) is 128 Å². The van der Waals surface area contributed by atoms with Gasteiger partial charge in [-0.3, -0.25) is 24.0 Å². The Bertz CT molecular complexity index is 2590. The molecule has 0 bridgehead atoms. The Morgan fingerprint density at radius 2 is 1.73 bits per heavy atom. The van der Waals surface area contributed by atoms with Crippen molar-refractivity contribution in [1.29, 1.82) is 0 Å². The van der Waals surface area contributed by atoms with Crippen molar-refractivity contribution in [2.75, 3.05) is 19.8 Å². The molecule has 4 fully saturated rings. The van der Waals surface area contributed by atoms with Crippen molar-refractivity contribution in [3.8, 4) is 34.3 Å². The number of carboxylic acid groups (broad SMARTS) is 1. The molecular weight excluding hydrogens is 936 g/mol. The van der Waals surface area contributed by atoms with E-state index in [2.05, 4.69) is 20.0 Å². The summed E-state index contributed by atoms with van der Waals surface area (Å²) < 4.78 is 92.3. The number of amides is 4. The number of ether oxygens (including phenoxy) is 3. The van der Waals surface area contributed by atoms with Crippen LogP contribution in [-0.2, 0) is 29.1 Å². The fourth-order valence-corrected chi connectivity index (χ4v) is 11.4. The molecule has 5 aliphatic rings. The number of aromatic nitrogens is 3. The summed E-state index contributed by atoms with van der Waals surface area (Å²) >= 11 is 0. The Morgan fingerprint density at radius 3 is 2.36 bits per heavy atom. The van der Waals surface area contributed by atoms with Crippen LogP contribution in [0.3, 0.4) is 0 Å². The summed E-state index contributed by atoms with van der Waals surface area (Å²) in [5.74, 6) is -3.71. The van der Waals surface area contributed by atoms with Crippen LogP contribution in [0.25, 0.3) is 22.8 Å². The molecule has 1 unspecified atom stereocenters. The highest BCUT2D eigenvalue weighted by molar-refractivity contribution is 7.91. The lowest BCUT2D eigenvalue weighted by molar-refractivity contribution is -0.260. The van der Waals surface area contributed by atoms with Gasteiger partial charge in [-0.15, -0.1) is 0 Å². The van der Waals surface area contributed by atoms with Crippen molar-refractivity contribution in [1.82, 2.24) is 34.8 Å².